The summed E-state index contributed by atoms with van der Waals surface area (Å²) in [7, 11) is 0. The Hall–Kier alpha value is -1.40. The molecule has 142 valence electrons. The van der Waals surface area contributed by atoms with Gasteiger partial charge >= 0.3 is 5.97 Å². The highest BCUT2D eigenvalue weighted by atomic mass is 32.1. The van der Waals surface area contributed by atoms with Gasteiger partial charge in [0.15, 0.2) is 5.11 Å². The fourth-order valence-corrected chi connectivity index (χ4v) is 5.95. The monoisotopic (exact) mass is 392 g/mol. The smallest absolute Gasteiger partial charge is 0.341 e. The molecule has 1 heterocycles. The van der Waals surface area contributed by atoms with Gasteiger partial charge in [0, 0.05) is 11.4 Å². The molecule has 2 N–H and O–H groups in total. The van der Waals surface area contributed by atoms with Gasteiger partial charge in [0.05, 0.1) is 12.2 Å². The fourth-order valence-electron chi connectivity index (χ4n) is 4.29. The lowest BCUT2D eigenvalue weighted by Gasteiger charge is -2.40. The maximum Gasteiger partial charge on any atom is 0.341 e. The zero-order chi connectivity index (χ0) is 18.6. The molecule has 2 aliphatic carbocycles. The quantitative estimate of drug-likeness (QED) is 0.427. The van der Waals surface area contributed by atoms with Crippen molar-refractivity contribution in [1.82, 2.24) is 5.32 Å². The summed E-state index contributed by atoms with van der Waals surface area (Å²) >= 11 is 7.04. The van der Waals surface area contributed by atoms with E-state index in [4.69, 9.17) is 17.0 Å². The Kier molecular flexibility index (Phi) is 6.35. The van der Waals surface area contributed by atoms with E-state index in [0.29, 0.717) is 29.2 Å². The van der Waals surface area contributed by atoms with Crippen LogP contribution in [0.5, 0.6) is 0 Å². The van der Waals surface area contributed by atoms with E-state index in [2.05, 4.69) is 17.2 Å². The first-order valence-electron chi connectivity index (χ1n) is 9.56. The van der Waals surface area contributed by atoms with Crippen LogP contribution in [0.2, 0.25) is 0 Å². The normalized spacial score (nSPS) is 18.0. The van der Waals surface area contributed by atoms with Crippen LogP contribution in [0, 0.1) is 5.41 Å². The van der Waals surface area contributed by atoms with E-state index in [1.54, 1.807) is 17.4 Å². The Labute approximate surface area is 165 Å². The molecule has 1 aromatic rings. The van der Waals surface area contributed by atoms with Gasteiger partial charge in [-0.1, -0.05) is 25.3 Å². The Morgan fingerprint density at radius 3 is 2.81 bits per heavy atom. The molecule has 1 saturated carbocycles. The second-order valence-electron chi connectivity index (χ2n) is 7.29. The lowest BCUT2D eigenvalue weighted by Crippen LogP contribution is -2.31. The van der Waals surface area contributed by atoms with Crippen LogP contribution in [0.15, 0.2) is 12.7 Å². The molecule has 6 heteroatoms. The molecule has 1 aromatic heterocycles. The molecule has 1 fully saturated rings. The van der Waals surface area contributed by atoms with Gasteiger partial charge in [-0.05, 0) is 62.2 Å². The minimum atomic E-state index is -0.237. The van der Waals surface area contributed by atoms with Crippen LogP contribution in [0.25, 0.3) is 0 Å². The number of ether oxygens (including phenoxy) is 1. The number of thiocarbonyl (C=S) groups is 1. The summed E-state index contributed by atoms with van der Waals surface area (Å²) < 4.78 is 5.34. The first kappa shape index (κ1) is 19.4. The van der Waals surface area contributed by atoms with Gasteiger partial charge in [0.25, 0.3) is 0 Å². The van der Waals surface area contributed by atoms with Crippen molar-refractivity contribution in [2.75, 3.05) is 18.5 Å². The molecule has 0 aromatic carbocycles. The predicted octanol–water partition coefficient (Wildman–Crippen LogP) is 4.84. The summed E-state index contributed by atoms with van der Waals surface area (Å²) in [5, 5.41) is 7.63. The van der Waals surface area contributed by atoms with Crippen molar-refractivity contribution >= 4 is 39.6 Å². The molecule has 1 spiro atoms. The molecule has 0 bridgehead atoms. The summed E-state index contributed by atoms with van der Waals surface area (Å²) in [4.78, 5) is 14.0. The van der Waals surface area contributed by atoms with Gasteiger partial charge in [0.1, 0.15) is 5.00 Å². The first-order chi connectivity index (χ1) is 12.6. The molecular formula is C20H28N2O2S2. The number of carbonyl (C=O) groups is 1. The van der Waals surface area contributed by atoms with E-state index in [0.717, 1.165) is 17.8 Å². The van der Waals surface area contributed by atoms with Gasteiger partial charge in [0.2, 0.25) is 0 Å². The minimum absolute atomic E-state index is 0.237. The standard InChI is InChI=1S/C20H28N2O2S2/c1-3-12-21-19(25)22-17-16(18(23)24-4-2)14-8-11-20(13-15(14)26-17)9-6-5-7-10-20/h3H,1,4-13H2,2H3,(H2,21,22,25). The molecule has 0 aliphatic heterocycles. The van der Waals surface area contributed by atoms with E-state index in [1.165, 1.54) is 49.0 Å². The Bertz CT molecular complexity index is 690. The third-order valence-electron chi connectivity index (χ3n) is 5.56. The Balaban J connectivity index is 1.88. The molecule has 2 aliphatic rings. The number of anilines is 1. The van der Waals surface area contributed by atoms with Crippen molar-refractivity contribution in [3.63, 3.8) is 0 Å². The van der Waals surface area contributed by atoms with Gasteiger partial charge in [-0.15, -0.1) is 17.9 Å². The van der Waals surface area contributed by atoms with E-state index < -0.39 is 0 Å². The maximum atomic E-state index is 12.6. The number of rotatable bonds is 5. The second kappa shape index (κ2) is 8.53. The molecule has 0 unspecified atom stereocenters. The van der Waals surface area contributed by atoms with Crippen LogP contribution in [-0.2, 0) is 17.6 Å². The maximum absolute atomic E-state index is 12.6. The minimum Gasteiger partial charge on any atom is -0.462 e. The highest BCUT2D eigenvalue weighted by Crippen LogP contribution is 2.50. The Morgan fingerprint density at radius 1 is 1.35 bits per heavy atom. The number of esters is 1. The Morgan fingerprint density at radius 2 is 2.12 bits per heavy atom. The highest BCUT2D eigenvalue weighted by Gasteiger charge is 2.39. The molecule has 0 saturated heterocycles. The zero-order valence-corrected chi connectivity index (χ0v) is 17.1. The molecule has 0 radical (unpaired) electrons. The molecule has 3 rings (SSSR count). The summed E-state index contributed by atoms with van der Waals surface area (Å²) in [6.07, 6.45) is 11.7. The van der Waals surface area contributed by atoms with Crippen molar-refractivity contribution in [3.8, 4) is 0 Å². The van der Waals surface area contributed by atoms with Gasteiger partial charge in [-0.3, -0.25) is 0 Å². The van der Waals surface area contributed by atoms with Gasteiger partial charge < -0.3 is 15.4 Å². The number of hydrogen-bond donors (Lipinski definition) is 2. The number of carbonyl (C=O) groups excluding carboxylic acids is 1. The lowest BCUT2D eigenvalue weighted by molar-refractivity contribution is 0.0525. The third-order valence-corrected chi connectivity index (χ3v) is 6.95. The third kappa shape index (κ3) is 4.12. The SMILES string of the molecule is C=CCNC(=S)Nc1sc2c(c1C(=O)OCC)CCC1(CCCCC1)C2. The number of nitrogens with one attached hydrogen (secondary N) is 2. The van der Waals surface area contributed by atoms with Gasteiger partial charge in [-0.2, -0.15) is 0 Å². The largest absolute Gasteiger partial charge is 0.462 e. The summed E-state index contributed by atoms with van der Waals surface area (Å²) in [6, 6.07) is 0. The van der Waals surface area contributed by atoms with Crippen molar-refractivity contribution in [1.29, 1.82) is 0 Å². The molecule has 26 heavy (non-hydrogen) atoms. The number of thiophene rings is 1. The average molecular weight is 393 g/mol. The van der Waals surface area contributed by atoms with E-state index >= 15 is 0 Å². The summed E-state index contributed by atoms with van der Waals surface area (Å²) in [6.45, 7) is 6.51. The summed E-state index contributed by atoms with van der Waals surface area (Å²) in [5.74, 6) is -0.237. The van der Waals surface area contributed by atoms with Crippen LogP contribution in [0.4, 0.5) is 5.00 Å². The van der Waals surface area contributed by atoms with E-state index in [9.17, 15) is 4.79 Å². The number of fused-ring (bicyclic) bond motifs is 1. The second-order valence-corrected chi connectivity index (χ2v) is 8.80. The van der Waals surface area contributed by atoms with Crippen LogP contribution in [0.3, 0.4) is 0 Å². The molecule has 0 amide bonds. The van der Waals surface area contributed by atoms with E-state index in [-0.39, 0.29) is 5.97 Å². The van der Waals surface area contributed by atoms with Crippen LogP contribution < -0.4 is 10.6 Å². The van der Waals surface area contributed by atoms with Crippen molar-refractivity contribution in [2.45, 2.75) is 58.3 Å². The first-order valence-corrected chi connectivity index (χ1v) is 10.8. The lowest BCUT2D eigenvalue weighted by atomic mass is 9.65. The van der Waals surface area contributed by atoms with Crippen molar-refractivity contribution in [3.05, 3.63) is 28.7 Å². The zero-order valence-electron chi connectivity index (χ0n) is 15.5. The van der Waals surface area contributed by atoms with Crippen molar-refractivity contribution < 1.29 is 9.53 Å². The molecular weight excluding hydrogens is 364 g/mol. The fraction of sp³-hybridized carbons (Fsp3) is 0.600. The van der Waals surface area contributed by atoms with Gasteiger partial charge in [-0.25, -0.2) is 4.79 Å². The van der Waals surface area contributed by atoms with Crippen molar-refractivity contribution in [2.24, 2.45) is 5.41 Å². The number of hydrogen-bond acceptors (Lipinski definition) is 4. The van der Waals surface area contributed by atoms with Crippen LogP contribution in [-0.4, -0.2) is 24.2 Å². The highest BCUT2D eigenvalue weighted by molar-refractivity contribution is 7.80. The average Bonchev–Trinajstić information content (AvgIpc) is 2.97. The predicted molar refractivity (Wildman–Crippen MR) is 112 cm³/mol. The summed E-state index contributed by atoms with van der Waals surface area (Å²) in [5.41, 5.74) is 2.32. The molecule has 4 nitrogen and oxygen atoms in total. The topological polar surface area (TPSA) is 50.4 Å². The molecule has 0 atom stereocenters. The van der Waals surface area contributed by atoms with Crippen LogP contribution >= 0.6 is 23.6 Å². The van der Waals surface area contributed by atoms with Crippen LogP contribution in [0.1, 0.15) is 66.2 Å². The van der Waals surface area contributed by atoms with E-state index in [1.807, 2.05) is 6.92 Å².